The van der Waals surface area contributed by atoms with E-state index >= 15 is 0 Å². The molecule has 0 N–H and O–H groups in total. The van der Waals surface area contributed by atoms with E-state index in [1.807, 2.05) is 11.8 Å². The van der Waals surface area contributed by atoms with E-state index in [9.17, 15) is 0 Å². The van der Waals surface area contributed by atoms with Crippen molar-refractivity contribution in [2.45, 2.75) is 20.3 Å². The summed E-state index contributed by atoms with van der Waals surface area (Å²) in [6.07, 6.45) is 3.49. The summed E-state index contributed by atoms with van der Waals surface area (Å²) in [6, 6.07) is 0. The van der Waals surface area contributed by atoms with Gasteiger partial charge in [0.25, 0.3) is 0 Å². The van der Waals surface area contributed by atoms with E-state index in [0.717, 1.165) is 5.92 Å². The molecule has 0 unspecified atom stereocenters. The van der Waals surface area contributed by atoms with Crippen LogP contribution in [0.5, 0.6) is 0 Å². The largest absolute Gasteiger partial charge is 0.306 e. The molecule has 11 heavy (non-hydrogen) atoms. The second-order valence-electron chi connectivity index (χ2n) is 3.48. The Bertz CT molecular complexity index is 83.6. The van der Waals surface area contributed by atoms with Crippen molar-refractivity contribution in [3.05, 3.63) is 0 Å². The molecule has 0 radical (unpaired) electrons. The Morgan fingerprint density at radius 3 is 2.36 bits per heavy atom. The van der Waals surface area contributed by atoms with Crippen molar-refractivity contribution >= 4 is 11.8 Å². The third-order valence-corrected chi connectivity index (χ3v) is 2.36. The molecule has 68 valence electrons. The topological polar surface area (TPSA) is 3.24 Å². The van der Waals surface area contributed by atoms with Gasteiger partial charge in [-0.2, -0.15) is 11.8 Å². The van der Waals surface area contributed by atoms with Crippen LogP contribution in [0.25, 0.3) is 0 Å². The lowest BCUT2D eigenvalue weighted by atomic mass is 10.1. The Hall–Kier alpha value is 0.310. The van der Waals surface area contributed by atoms with Crippen LogP contribution in [0.1, 0.15) is 20.3 Å². The molecule has 0 rings (SSSR count). The molecule has 0 aliphatic heterocycles. The summed E-state index contributed by atoms with van der Waals surface area (Å²) in [5.74, 6) is 2.10. The van der Waals surface area contributed by atoms with Crippen molar-refractivity contribution < 1.29 is 0 Å². The molecule has 0 aliphatic carbocycles. The molecule has 0 saturated carbocycles. The lowest BCUT2D eigenvalue weighted by molar-refractivity contribution is 0.328. The average molecular weight is 175 g/mol. The van der Waals surface area contributed by atoms with Gasteiger partial charge in [-0.15, -0.1) is 0 Å². The Morgan fingerprint density at radius 1 is 1.27 bits per heavy atom. The third kappa shape index (κ3) is 8.21. The smallest absolute Gasteiger partial charge is 0.00692 e. The van der Waals surface area contributed by atoms with Gasteiger partial charge >= 0.3 is 0 Å². The molecular weight excluding hydrogens is 154 g/mol. The van der Waals surface area contributed by atoms with E-state index in [1.165, 1.54) is 25.3 Å². The Morgan fingerprint density at radius 2 is 1.91 bits per heavy atom. The Labute approximate surface area is 75.5 Å². The van der Waals surface area contributed by atoms with Crippen molar-refractivity contribution in [3.63, 3.8) is 0 Å². The lowest BCUT2D eigenvalue weighted by Gasteiger charge is -2.16. The van der Waals surface area contributed by atoms with Crippen molar-refractivity contribution in [1.82, 2.24) is 4.90 Å². The fourth-order valence-corrected chi connectivity index (χ4v) is 1.33. The molecular formula is C9H21NS. The van der Waals surface area contributed by atoms with Crippen LogP contribution in [-0.4, -0.2) is 37.0 Å². The van der Waals surface area contributed by atoms with Gasteiger partial charge in [0.2, 0.25) is 0 Å². The van der Waals surface area contributed by atoms with Crippen LogP contribution in [0.2, 0.25) is 0 Å². The molecule has 0 aromatic heterocycles. The van der Waals surface area contributed by atoms with E-state index in [0.29, 0.717) is 0 Å². The zero-order valence-electron chi connectivity index (χ0n) is 8.26. The van der Waals surface area contributed by atoms with E-state index in [4.69, 9.17) is 0 Å². The number of hydrogen-bond acceptors (Lipinski definition) is 2. The average Bonchev–Trinajstić information content (AvgIpc) is 1.97. The van der Waals surface area contributed by atoms with Crippen molar-refractivity contribution in [3.8, 4) is 0 Å². The van der Waals surface area contributed by atoms with Gasteiger partial charge in [-0.3, -0.25) is 0 Å². The van der Waals surface area contributed by atoms with E-state index in [-0.39, 0.29) is 0 Å². The summed E-state index contributed by atoms with van der Waals surface area (Å²) in [5, 5.41) is 0. The number of hydrogen-bond donors (Lipinski definition) is 0. The van der Waals surface area contributed by atoms with Gasteiger partial charge in [0.15, 0.2) is 0 Å². The molecule has 1 nitrogen and oxygen atoms in total. The molecule has 0 aliphatic rings. The standard InChI is InChI=1S/C9H21NS/c1-9(2)5-6-10(3)7-8-11-4/h9H,5-8H2,1-4H3. The Balaban J connectivity index is 3.15. The monoisotopic (exact) mass is 175 g/mol. The second-order valence-corrected chi connectivity index (χ2v) is 4.46. The SMILES string of the molecule is CSCCN(C)CCC(C)C. The predicted molar refractivity (Wildman–Crippen MR) is 55.3 cm³/mol. The first kappa shape index (κ1) is 11.3. The minimum absolute atomic E-state index is 0.840. The fourth-order valence-electron chi connectivity index (χ4n) is 0.838. The van der Waals surface area contributed by atoms with Gasteiger partial charge < -0.3 is 4.90 Å². The summed E-state index contributed by atoms with van der Waals surface area (Å²) in [6.45, 7) is 7.04. The fraction of sp³-hybridized carbons (Fsp3) is 1.00. The molecule has 0 heterocycles. The van der Waals surface area contributed by atoms with Gasteiger partial charge in [0, 0.05) is 12.3 Å². The third-order valence-electron chi connectivity index (χ3n) is 1.77. The van der Waals surface area contributed by atoms with Crippen LogP contribution in [0, 0.1) is 5.92 Å². The van der Waals surface area contributed by atoms with Gasteiger partial charge in [0.05, 0.1) is 0 Å². The van der Waals surface area contributed by atoms with E-state index < -0.39 is 0 Å². The van der Waals surface area contributed by atoms with Crippen LogP contribution in [0.15, 0.2) is 0 Å². The highest BCUT2D eigenvalue weighted by Crippen LogP contribution is 2.01. The van der Waals surface area contributed by atoms with Crippen molar-refractivity contribution in [1.29, 1.82) is 0 Å². The summed E-state index contributed by atoms with van der Waals surface area (Å²) >= 11 is 1.92. The van der Waals surface area contributed by atoms with Crippen LogP contribution >= 0.6 is 11.8 Å². The van der Waals surface area contributed by atoms with E-state index in [2.05, 4.69) is 32.1 Å². The van der Waals surface area contributed by atoms with Crippen LogP contribution < -0.4 is 0 Å². The predicted octanol–water partition coefficient (Wildman–Crippen LogP) is 2.33. The summed E-state index contributed by atoms with van der Waals surface area (Å²) in [5.41, 5.74) is 0. The second kappa shape index (κ2) is 6.99. The van der Waals surface area contributed by atoms with Crippen LogP contribution in [0.4, 0.5) is 0 Å². The molecule has 0 spiro atoms. The molecule has 0 bridgehead atoms. The maximum absolute atomic E-state index is 2.41. The maximum Gasteiger partial charge on any atom is 0.00692 e. The van der Waals surface area contributed by atoms with Crippen LogP contribution in [-0.2, 0) is 0 Å². The molecule has 0 saturated heterocycles. The highest BCUT2D eigenvalue weighted by atomic mass is 32.2. The maximum atomic E-state index is 2.41. The lowest BCUT2D eigenvalue weighted by Crippen LogP contribution is -2.23. The zero-order valence-corrected chi connectivity index (χ0v) is 9.08. The minimum Gasteiger partial charge on any atom is -0.306 e. The molecule has 2 heteroatoms. The summed E-state index contributed by atoms with van der Waals surface area (Å²) < 4.78 is 0. The highest BCUT2D eigenvalue weighted by molar-refractivity contribution is 7.98. The Kier molecular flexibility index (Phi) is 7.18. The molecule has 0 amide bonds. The quantitative estimate of drug-likeness (QED) is 0.609. The number of thioether (sulfide) groups is 1. The van der Waals surface area contributed by atoms with Gasteiger partial charge in [-0.05, 0) is 32.2 Å². The number of nitrogens with zero attached hydrogens (tertiary/aromatic N) is 1. The normalized spacial score (nSPS) is 11.5. The highest BCUT2D eigenvalue weighted by Gasteiger charge is 1.98. The number of rotatable bonds is 6. The first-order valence-electron chi connectivity index (χ1n) is 4.34. The van der Waals surface area contributed by atoms with Crippen molar-refractivity contribution in [2.75, 3.05) is 32.1 Å². The summed E-state index contributed by atoms with van der Waals surface area (Å²) in [4.78, 5) is 2.41. The molecule has 0 fully saturated rings. The van der Waals surface area contributed by atoms with Crippen molar-refractivity contribution in [2.24, 2.45) is 5.92 Å². The first-order chi connectivity index (χ1) is 5.16. The van der Waals surface area contributed by atoms with Gasteiger partial charge in [-0.1, -0.05) is 13.8 Å². The molecule has 0 aromatic carbocycles. The van der Waals surface area contributed by atoms with Crippen LogP contribution in [0.3, 0.4) is 0 Å². The first-order valence-corrected chi connectivity index (χ1v) is 5.73. The van der Waals surface area contributed by atoms with E-state index in [1.54, 1.807) is 0 Å². The zero-order chi connectivity index (χ0) is 8.69. The molecule has 0 aromatic rings. The summed E-state index contributed by atoms with van der Waals surface area (Å²) in [7, 11) is 2.21. The molecule has 0 atom stereocenters. The van der Waals surface area contributed by atoms with Gasteiger partial charge in [0.1, 0.15) is 0 Å². The van der Waals surface area contributed by atoms with Gasteiger partial charge in [-0.25, -0.2) is 0 Å². The minimum atomic E-state index is 0.840.